The largest absolute Gasteiger partial charge is 0.300 e. The lowest BCUT2D eigenvalue weighted by Gasteiger charge is -2.24. The average Bonchev–Trinajstić information content (AvgIpc) is 3.11. The Kier molecular flexibility index (Phi) is 3.51. The van der Waals surface area contributed by atoms with E-state index in [9.17, 15) is 10.1 Å². The number of rotatable bonds is 5. The normalized spacial score (nSPS) is 23.7. The molecule has 2 aliphatic rings. The summed E-state index contributed by atoms with van der Waals surface area (Å²) < 4.78 is 0. The van der Waals surface area contributed by atoms with Gasteiger partial charge < -0.3 is 0 Å². The van der Waals surface area contributed by atoms with Crippen LogP contribution in [0.1, 0.15) is 31.2 Å². The summed E-state index contributed by atoms with van der Waals surface area (Å²) in [7, 11) is 0. The molecule has 4 nitrogen and oxygen atoms in total. The second kappa shape index (κ2) is 5.29. The highest BCUT2D eigenvalue weighted by atomic mass is 16.6. The highest BCUT2D eigenvalue weighted by molar-refractivity contribution is 5.33. The molecule has 0 amide bonds. The van der Waals surface area contributed by atoms with Crippen LogP contribution in [-0.2, 0) is 6.42 Å². The lowest BCUT2D eigenvalue weighted by Crippen LogP contribution is -2.32. The molecule has 1 aromatic carbocycles. The van der Waals surface area contributed by atoms with Crippen LogP contribution < -0.4 is 0 Å². The van der Waals surface area contributed by atoms with Gasteiger partial charge >= 0.3 is 0 Å². The van der Waals surface area contributed by atoms with Crippen LogP contribution in [0.5, 0.6) is 0 Å². The van der Waals surface area contributed by atoms with Gasteiger partial charge in [0.05, 0.1) is 4.92 Å². The minimum Gasteiger partial charge on any atom is -0.300 e. The van der Waals surface area contributed by atoms with E-state index in [1.54, 1.807) is 12.1 Å². The quantitative estimate of drug-likeness (QED) is 0.604. The van der Waals surface area contributed by atoms with Gasteiger partial charge in [0.25, 0.3) is 5.69 Å². The molecular weight excluding hydrogens is 240 g/mol. The Bertz CT molecular complexity index is 454. The molecule has 2 fully saturated rings. The van der Waals surface area contributed by atoms with Gasteiger partial charge in [0.2, 0.25) is 0 Å². The predicted molar refractivity (Wildman–Crippen MR) is 74.1 cm³/mol. The summed E-state index contributed by atoms with van der Waals surface area (Å²) in [5, 5.41) is 10.6. The first-order valence-corrected chi connectivity index (χ1v) is 7.20. The van der Waals surface area contributed by atoms with Gasteiger partial charge in [0.15, 0.2) is 0 Å². The molecule has 0 aromatic heterocycles. The fourth-order valence-electron chi connectivity index (χ4n) is 3.02. The van der Waals surface area contributed by atoms with Crippen molar-refractivity contribution in [1.82, 2.24) is 4.90 Å². The van der Waals surface area contributed by atoms with Crippen LogP contribution in [0.15, 0.2) is 24.3 Å². The average molecular weight is 260 g/mol. The number of benzene rings is 1. The first-order chi connectivity index (χ1) is 9.22. The van der Waals surface area contributed by atoms with Gasteiger partial charge in [-0.05, 0) is 50.1 Å². The van der Waals surface area contributed by atoms with Gasteiger partial charge in [-0.25, -0.2) is 0 Å². The van der Waals surface area contributed by atoms with Gasteiger partial charge in [-0.1, -0.05) is 12.1 Å². The number of nitro groups is 1. The molecule has 19 heavy (non-hydrogen) atoms. The van der Waals surface area contributed by atoms with Crippen molar-refractivity contribution in [2.24, 2.45) is 5.92 Å². The van der Waals surface area contributed by atoms with E-state index in [-0.39, 0.29) is 10.6 Å². The van der Waals surface area contributed by atoms with E-state index in [4.69, 9.17) is 0 Å². The van der Waals surface area contributed by atoms with E-state index in [0.29, 0.717) is 6.04 Å². The molecule has 1 saturated heterocycles. The lowest BCUT2D eigenvalue weighted by molar-refractivity contribution is -0.384. The Hall–Kier alpha value is -1.42. The fourth-order valence-corrected chi connectivity index (χ4v) is 3.02. The van der Waals surface area contributed by atoms with Crippen LogP contribution in [0.25, 0.3) is 0 Å². The van der Waals surface area contributed by atoms with Crippen molar-refractivity contribution in [3.63, 3.8) is 0 Å². The minimum absolute atomic E-state index is 0.185. The van der Waals surface area contributed by atoms with E-state index in [2.05, 4.69) is 4.90 Å². The Labute approximate surface area is 113 Å². The minimum atomic E-state index is -0.335. The highest BCUT2D eigenvalue weighted by Crippen LogP contribution is 2.33. The van der Waals surface area contributed by atoms with Crippen molar-refractivity contribution in [2.45, 2.75) is 38.1 Å². The number of non-ortho nitro benzene ring substituents is 1. The van der Waals surface area contributed by atoms with Crippen LogP contribution in [0.3, 0.4) is 0 Å². The number of hydrogen-bond acceptors (Lipinski definition) is 3. The molecule has 102 valence electrons. The summed E-state index contributed by atoms with van der Waals surface area (Å²) in [4.78, 5) is 12.9. The monoisotopic (exact) mass is 260 g/mol. The summed E-state index contributed by atoms with van der Waals surface area (Å²) >= 11 is 0. The molecule has 1 aliphatic carbocycles. The molecule has 1 aliphatic heterocycles. The van der Waals surface area contributed by atoms with Crippen molar-refractivity contribution in [2.75, 3.05) is 13.1 Å². The number of hydrogen-bond donors (Lipinski definition) is 0. The molecule has 0 N–H and O–H groups in total. The van der Waals surface area contributed by atoms with Crippen molar-refractivity contribution in [3.05, 3.63) is 39.9 Å². The van der Waals surface area contributed by atoms with Crippen molar-refractivity contribution in [3.8, 4) is 0 Å². The van der Waals surface area contributed by atoms with Crippen LogP contribution in [0, 0.1) is 16.0 Å². The van der Waals surface area contributed by atoms with Gasteiger partial charge in [-0.2, -0.15) is 0 Å². The molecule has 1 saturated carbocycles. The fraction of sp³-hybridized carbons (Fsp3) is 0.600. The van der Waals surface area contributed by atoms with Gasteiger partial charge in [-0.3, -0.25) is 15.0 Å². The van der Waals surface area contributed by atoms with Crippen LogP contribution in [-0.4, -0.2) is 29.0 Å². The second-order valence-electron chi connectivity index (χ2n) is 5.86. The van der Waals surface area contributed by atoms with E-state index >= 15 is 0 Å². The van der Waals surface area contributed by atoms with Crippen LogP contribution in [0.4, 0.5) is 5.69 Å². The molecule has 0 radical (unpaired) electrons. The Morgan fingerprint density at radius 2 is 1.95 bits per heavy atom. The van der Waals surface area contributed by atoms with E-state index < -0.39 is 0 Å². The third-order valence-corrected chi connectivity index (χ3v) is 4.31. The maximum atomic E-state index is 10.6. The first kappa shape index (κ1) is 12.6. The van der Waals surface area contributed by atoms with E-state index in [1.165, 1.54) is 44.3 Å². The molecular formula is C15H20N2O2. The highest BCUT2D eigenvalue weighted by Gasteiger charge is 2.30. The predicted octanol–water partition coefficient (Wildman–Crippen LogP) is 3.01. The lowest BCUT2D eigenvalue weighted by atomic mass is 10.0. The van der Waals surface area contributed by atoms with Crippen molar-refractivity contribution in [1.29, 1.82) is 0 Å². The van der Waals surface area contributed by atoms with Crippen molar-refractivity contribution < 1.29 is 4.92 Å². The first-order valence-electron chi connectivity index (χ1n) is 7.20. The molecule has 4 heteroatoms. The van der Waals surface area contributed by atoms with Crippen LogP contribution in [0.2, 0.25) is 0 Å². The summed E-state index contributed by atoms with van der Waals surface area (Å²) in [6, 6.07) is 7.70. The maximum absolute atomic E-state index is 10.6. The zero-order chi connectivity index (χ0) is 13.2. The Morgan fingerprint density at radius 3 is 2.58 bits per heavy atom. The van der Waals surface area contributed by atoms with E-state index in [1.807, 2.05) is 12.1 Å². The summed E-state index contributed by atoms with van der Waals surface area (Å²) in [6.45, 7) is 2.49. The molecule has 0 spiro atoms. The van der Waals surface area contributed by atoms with Gasteiger partial charge in [0, 0.05) is 24.7 Å². The standard InChI is InChI=1S/C15H20N2O2/c18-17(19)14-7-5-12(6-8-14)10-15-2-1-9-16(15)11-13-3-4-13/h5-8,13,15H,1-4,9-11H2. The third-order valence-electron chi connectivity index (χ3n) is 4.31. The zero-order valence-electron chi connectivity index (χ0n) is 11.1. The second-order valence-corrected chi connectivity index (χ2v) is 5.86. The van der Waals surface area contributed by atoms with Crippen LogP contribution >= 0.6 is 0 Å². The zero-order valence-corrected chi connectivity index (χ0v) is 11.1. The molecule has 1 aromatic rings. The molecule has 1 atom stereocenters. The SMILES string of the molecule is O=[N+]([O-])c1ccc(CC2CCCN2CC2CC2)cc1. The molecule has 1 heterocycles. The number of nitrogens with zero attached hydrogens (tertiary/aromatic N) is 2. The molecule has 3 rings (SSSR count). The van der Waals surface area contributed by atoms with Gasteiger partial charge in [0.1, 0.15) is 0 Å². The van der Waals surface area contributed by atoms with Crippen molar-refractivity contribution >= 4 is 5.69 Å². The smallest absolute Gasteiger partial charge is 0.269 e. The van der Waals surface area contributed by atoms with E-state index in [0.717, 1.165) is 12.3 Å². The number of likely N-dealkylation sites (tertiary alicyclic amines) is 1. The Balaban J connectivity index is 1.61. The Morgan fingerprint density at radius 1 is 1.21 bits per heavy atom. The topological polar surface area (TPSA) is 46.4 Å². The summed E-state index contributed by atoms with van der Waals surface area (Å²) in [6.07, 6.45) is 6.40. The summed E-state index contributed by atoms with van der Waals surface area (Å²) in [5.74, 6) is 0.942. The molecule has 1 unspecified atom stereocenters. The number of nitro benzene ring substituents is 1. The molecule has 0 bridgehead atoms. The maximum Gasteiger partial charge on any atom is 0.269 e. The summed E-state index contributed by atoms with van der Waals surface area (Å²) in [5.41, 5.74) is 1.41. The third kappa shape index (κ3) is 3.13. The van der Waals surface area contributed by atoms with Gasteiger partial charge in [-0.15, -0.1) is 0 Å².